The standard InChI is InChI=1S/C18H23NO2/c1-13-7-5-6-8-17(13)21-14(2)18(19-3)15-9-11-16(20-4)12-10-15/h5-12,14,18-19H,1-4H3. The molecule has 2 rings (SSSR count). The molecule has 112 valence electrons. The Balaban J connectivity index is 2.14. The van der Waals surface area contributed by atoms with Gasteiger partial charge in [0.2, 0.25) is 0 Å². The van der Waals surface area contributed by atoms with E-state index in [0.29, 0.717) is 0 Å². The van der Waals surface area contributed by atoms with E-state index >= 15 is 0 Å². The van der Waals surface area contributed by atoms with Crippen molar-refractivity contribution in [2.45, 2.75) is 26.0 Å². The predicted octanol–water partition coefficient (Wildman–Crippen LogP) is 3.73. The highest BCUT2D eigenvalue weighted by Crippen LogP contribution is 2.25. The maximum absolute atomic E-state index is 6.12. The largest absolute Gasteiger partial charge is 0.497 e. The first-order valence-corrected chi connectivity index (χ1v) is 7.19. The number of likely N-dealkylation sites (N-methyl/N-ethyl adjacent to an activating group) is 1. The minimum absolute atomic E-state index is 0.0181. The summed E-state index contributed by atoms with van der Waals surface area (Å²) in [5.41, 5.74) is 2.33. The first kappa shape index (κ1) is 15.4. The molecule has 0 heterocycles. The highest BCUT2D eigenvalue weighted by atomic mass is 16.5. The van der Waals surface area contributed by atoms with Gasteiger partial charge in [0.05, 0.1) is 13.2 Å². The van der Waals surface area contributed by atoms with Gasteiger partial charge in [-0.25, -0.2) is 0 Å². The highest BCUT2D eigenvalue weighted by molar-refractivity contribution is 5.33. The molecular formula is C18H23NO2. The lowest BCUT2D eigenvalue weighted by atomic mass is 10.0. The summed E-state index contributed by atoms with van der Waals surface area (Å²) in [4.78, 5) is 0. The zero-order valence-corrected chi connectivity index (χ0v) is 13.1. The topological polar surface area (TPSA) is 30.5 Å². The van der Waals surface area contributed by atoms with Crippen LogP contribution in [-0.4, -0.2) is 20.3 Å². The van der Waals surface area contributed by atoms with E-state index in [9.17, 15) is 0 Å². The molecule has 0 aliphatic rings. The first-order chi connectivity index (χ1) is 10.2. The Bertz CT molecular complexity index is 566. The number of hydrogen-bond acceptors (Lipinski definition) is 3. The van der Waals surface area contributed by atoms with E-state index in [1.165, 1.54) is 5.56 Å². The summed E-state index contributed by atoms with van der Waals surface area (Å²) < 4.78 is 11.3. The average Bonchev–Trinajstić information content (AvgIpc) is 2.51. The van der Waals surface area contributed by atoms with Gasteiger partial charge < -0.3 is 14.8 Å². The first-order valence-electron chi connectivity index (χ1n) is 7.19. The Morgan fingerprint density at radius 2 is 1.67 bits per heavy atom. The molecule has 2 aromatic carbocycles. The number of para-hydroxylation sites is 1. The summed E-state index contributed by atoms with van der Waals surface area (Å²) in [7, 11) is 3.63. The lowest BCUT2D eigenvalue weighted by Crippen LogP contribution is -2.31. The van der Waals surface area contributed by atoms with Gasteiger partial charge >= 0.3 is 0 Å². The number of benzene rings is 2. The highest BCUT2D eigenvalue weighted by Gasteiger charge is 2.19. The van der Waals surface area contributed by atoms with Gasteiger partial charge in [-0.2, -0.15) is 0 Å². The molecule has 0 aromatic heterocycles. The Hall–Kier alpha value is -2.00. The van der Waals surface area contributed by atoms with E-state index < -0.39 is 0 Å². The zero-order valence-electron chi connectivity index (χ0n) is 13.1. The van der Waals surface area contributed by atoms with E-state index in [2.05, 4.69) is 37.4 Å². The summed E-state index contributed by atoms with van der Waals surface area (Å²) in [6.07, 6.45) is 0.0181. The van der Waals surface area contributed by atoms with Gasteiger partial charge in [-0.05, 0) is 50.2 Å². The van der Waals surface area contributed by atoms with Crippen LogP contribution in [0, 0.1) is 6.92 Å². The van der Waals surface area contributed by atoms with E-state index in [-0.39, 0.29) is 12.1 Å². The van der Waals surface area contributed by atoms with Crippen LogP contribution in [0.1, 0.15) is 24.1 Å². The van der Waals surface area contributed by atoms with Crippen molar-refractivity contribution in [2.75, 3.05) is 14.2 Å². The molecule has 2 atom stereocenters. The average molecular weight is 285 g/mol. The Kier molecular flexibility index (Phi) is 5.23. The Morgan fingerprint density at radius 1 is 1.00 bits per heavy atom. The third-order valence-corrected chi connectivity index (χ3v) is 3.66. The molecule has 0 radical (unpaired) electrons. The summed E-state index contributed by atoms with van der Waals surface area (Å²) in [6, 6.07) is 16.3. The fourth-order valence-corrected chi connectivity index (χ4v) is 2.44. The molecule has 0 fully saturated rings. The predicted molar refractivity (Wildman–Crippen MR) is 86.1 cm³/mol. The lowest BCUT2D eigenvalue weighted by molar-refractivity contribution is 0.174. The molecule has 1 N–H and O–H groups in total. The molecule has 0 bridgehead atoms. The summed E-state index contributed by atoms with van der Waals surface area (Å²) >= 11 is 0. The van der Waals surface area contributed by atoms with Gasteiger partial charge in [0.1, 0.15) is 17.6 Å². The summed E-state index contributed by atoms with van der Waals surface area (Å²) in [6.45, 7) is 4.14. The molecule has 0 saturated heterocycles. The van der Waals surface area contributed by atoms with Crippen LogP contribution >= 0.6 is 0 Å². The molecule has 3 nitrogen and oxygen atoms in total. The second-order valence-electron chi connectivity index (χ2n) is 5.13. The van der Waals surface area contributed by atoms with E-state index in [0.717, 1.165) is 17.1 Å². The third-order valence-electron chi connectivity index (χ3n) is 3.66. The van der Waals surface area contributed by atoms with Gasteiger partial charge in [-0.3, -0.25) is 0 Å². The van der Waals surface area contributed by atoms with E-state index in [4.69, 9.17) is 9.47 Å². The maximum Gasteiger partial charge on any atom is 0.122 e. The number of rotatable bonds is 6. The molecule has 0 saturated carbocycles. The van der Waals surface area contributed by atoms with Crippen LogP contribution in [0.25, 0.3) is 0 Å². The SMILES string of the molecule is CNC(c1ccc(OC)cc1)C(C)Oc1ccccc1C. The minimum Gasteiger partial charge on any atom is -0.497 e. The van der Waals surface area contributed by atoms with Gasteiger partial charge in [-0.15, -0.1) is 0 Å². The summed E-state index contributed by atoms with van der Waals surface area (Å²) in [5.74, 6) is 1.79. The van der Waals surface area contributed by atoms with Crippen LogP contribution in [-0.2, 0) is 0 Å². The Labute approximate surface area is 126 Å². The summed E-state index contributed by atoms with van der Waals surface area (Å²) in [5, 5.41) is 3.33. The van der Waals surface area contributed by atoms with Crippen molar-refractivity contribution in [3.8, 4) is 11.5 Å². The van der Waals surface area contributed by atoms with Crippen molar-refractivity contribution >= 4 is 0 Å². The minimum atomic E-state index is 0.0181. The van der Waals surface area contributed by atoms with Gasteiger partial charge in [0.15, 0.2) is 0 Å². The molecule has 21 heavy (non-hydrogen) atoms. The van der Waals surface area contributed by atoms with Crippen LogP contribution in [0.3, 0.4) is 0 Å². The molecule has 0 aliphatic carbocycles. The molecule has 3 heteroatoms. The lowest BCUT2D eigenvalue weighted by Gasteiger charge is -2.26. The van der Waals surface area contributed by atoms with Crippen molar-refractivity contribution in [1.29, 1.82) is 0 Å². The van der Waals surface area contributed by atoms with E-state index in [1.807, 2.05) is 37.4 Å². The second-order valence-corrected chi connectivity index (χ2v) is 5.13. The van der Waals surface area contributed by atoms with Crippen LogP contribution in [0.2, 0.25) is 0 Å². The van der Waals surface area contributed by atoms with Crippen molar-refractivity contribution in [3.05, 3.63) is 59.7 Å². The van der Waals surface area contributed by atoms with Gasteiger partial charge in [0, 0.05) is 0 Å². The molecule has 2 unspecified atom stereocenters. The van der Waals surface area contributed by atoms with Crippen LogP contribution in [0.4, 0.5) is 0 Å². The fraction of sp³-hybridized carbons (Fsp3) is 0.333. The molecule has 0 amide bonds. The number of nitrogens with one attached hydrogen (secondary N) is 1. The van der Waals surface area contributed by atoms with E-state index in [1.54, 1.807) is 7.11 Å². The van der Waals surface area contributed by atoms with Crippen LogP contribution < -0.4 is 14.8 Å². The smallest absolute Gasteiger partial charge is 0.122 e. The van der Waals surface area contributed by atoms with Crippen LogP contribution in [0.15, 0.2) is 48.5 Å². The van der Waals surface area contributed by atoms with Crippen LogP contribution in [0.5, 0.6) is 11.5 Å². The molecule has 0 aliphatic heterocycles. The normalized spacial score (nSPS) is 13.5. The molecule has 0 spiro atoms. The molecular weight excluding hydrogens is 262 g/mol. The number of hydrogen-bond donors (Lipinski definition) is 1. The zero-order chi connectivity index (χ0) is 15.2. The number of methoxy groups -OCH3 is 1. The number of aryl methyl sites for hydroxylation is 1. The van der Waals surface area contributed by atoms with Gasteiger partial charge in [-0.1, -0.05) is 30.3 Å². The van der Waals surface area contributed by atoms with Crippen molar-refractivity contribution in [3.63, 3.8) is 0 Å². The van der Waals surface area contributed by atoms with Crippen molar-refractivity contribution in [2.24, 2.45) is 0 Å². The second kappa shape index (κ2) is 7.14. The quantitative estimate of drug-likeness (QED) is 0.877. The monoisotopic (exact) mass is 285 g/mol. The Morgan fingerprint density at radius 3 is 2.24 bits per heavy atom. The van der Waals surface area contributed by atoms with Crippen molar-refractivity contribution < 1.29 is 9.47 Å². The van der Waals surface area contributed by atoms with Gasteiger partial charge in [0.25, 0.3) is 0 Å². The maximum atomic E-state index is 6.12. The molecule has 2 aromatic rings. The number of ether oxygens (including phenoxy) is 2. The van der Waals surface area contributed by atoms with Crippen molar-refractivity contribution in [1.82, 2.24) is 5.32 Å². The third kappa shape index (κ3) is 3.76. The fourth-order valence-electron chi connectivity index (χ4n) is 2.44.